The lowest BCUT2D eigenvalue weighted by Crippen LogP contribution is -2.20. The molecule has 11 heteroatoms. The fraction of sp³-hybridized carbons (Fsp3) is 0.111. The summed E-state index contributed by atoms with van der Waals surface area (Å²) >= 11 is 11.8. The monoisotopic (exact) mass is 338 g/mol. The zero-order valence-electron chi connectivity index (χ0n) is 9.44. The van der Waals surface area contributed by atoms with Gasteiger partial charge in [-0.15, -0.1) is 5.10 Å². The van der Waals surface area contributed by atoms with E-state index in [4.69, 9.17) is 23.2 Å². The molecule has 0 unspecified atom stereocenters. The molecule has 106 valence electrons. The molecule has 0 aliphatic rings. The highest BCUT2D eigenvalue weighted by Crippen LogP contribution is 2.28. The number of alkyl halides is 2. The Labute approximate surface area is 125 Å². The highest BCUT2D eigenvalue weighted by molar-refractivity contribution is 8.02. The van der Waals surface area contributed by atoms with Crippen LogP contribution in [0.25, 0.3) is 5.69 Å². The zero-order valence-corrected chi connectivity index (χ0v) is 11.8. The maximum absolute atomic E-state index is 13.2. The molecule has 2 aromatic rings. The van der Waals surface area contributed by atoms with Crippen LogP contribution < -0.4 is 5.69 Å². The van der Waals surface area contributed by atoms with Crippen molar-refractivity contribution in [3.8, 4) is 5.69 Å². The number of nitrogens with zero attached hydrogens (tertiary/aromatic N) is 4. The first kappa shape index (κ1) is 14.8. The number of non-ortho nitro benzene ring substituents is 1. The van der Waals surface area contributed by atoms with E-state index in [0.717, 1.165) is 22.4 Å². The molecular formula is C9H5Cl2FN4O3S. The number of halogens is 3. The molecular weight excluding hydrogens is 334 g/mol. The predicted molar refractivity (Wildman–Crippen MR) is 72.3 cm³/mol. The van der Waals surface area contributed by atoms with Crippen LogP contribution >= 0.6 is 35.0 Å². The average molecular weight is 339 g/mol. The number of nitro groups is 1. The molecule has 0 fully saturated rings. The highest BCUT2D eigenvalue weighted by atomic mass is 35.5. The molecule has 1 aromatic heterocycles. The van der Waals surface area contributed by atoms with Crippen LogP contribution in [-0.4, -0.2) is 23.7 Å². The van der Waals surface area contributed by atoms with E-state index < -0.39 is 19.7 Å². The molecule has 0 saturated carbocycles. The molecule has 20 heavy (non-hydrogen) atoms. The Kier molecular flexibility index (Phi) is 4.31. The van der Waals surface area contributed by atoms with Crippen LogP contribution in [0.2, 0.25) is 0 Å². The van der Waals surface area contributed by atoms with E-state index >= 15 is 0 Å². The number of hydrogen-bond donors (Lipinski definition) is 0. The number of aromatic nitrogens is 3. The lowest BCUT2D eigenvalue weighted by atomic mass is 10.3. The smallest absolute Gasteiger partial charge is 0.258 e. The van der Waals surface area contributed by atoms with E-state index in [-0.39, 0.29) is 16.5 Å². The van der Waals surface area contributed by atoms with Crippen LogP contribution in [0.3, 0.4) is 0 Å². The molecule has 7 nitrogen and oxygen atoms in total. The quantitative estimate of drug-likeness (QED) is 0.370. The maximum atomic E-state index is 13.2. The Hall–Kier alpha value is -1.58. The van der Waals surface area contributed by atoms with Crippen molar-refractivity contribution in [3.05, 3.63) is 44.9 Å². The van der Waals surface area contributed by atoms with E-state index in [9.17, 15) is 19.4 Å². The van der Waals surface area contributed by atoms with Crippen molar-refractivity contribution >= 4 is 40.7 Å². The first-order valence-electron chi connectivity index (χ1n) is 4.98. The Morgan fingerprint density at radius 2 is 2.15 bits per heavy atom. The highest BCUT2D eigenvalue weighted by Gasteiger charge is 2.19. The second-order valence-electron chi connectivity index (χ2n) is 3.42. The van der Waals surface area contributed by atoms with Gasteiger partial charge in [0, 0.05) is 12.1 Å². The number of benzene rings is 1. The molecule has 0 aliphatic carbocycles. The summed E-state index contributed by atoms with van der Waals surface area (Å²) in [5, 5.41) is 13.9. The fourth-order valence-corrected chi connectivity index (χ4v) is 2.49. The Bertz CT molecular complexity index is 717. The molecule has 1 aromatic carbocycles. The SMILES string of the molecule is O=c1n(F)nc(SC(Cl)Cl)n1-c1cccc([N+](=O)[O-])c1. The molecule has 0 spiro atoms. The second kappa shape index (κ2) is 5.81. The molecule has 1 heterocycles. The van der Waals surface area contributed by atoms with Crippen molar-refractivity contribution in [2.24, 2.45) is 0 Å². The predicted octanol–water partition coefficient (Wildman–Crippen LogP) is 2.53. The maximum Gasteiger partial charge on any atom is 0.380 e. The van der Waals surface area contributed by atoms with E-state index in [2.05, 4.69) is 5.10 Å². The minimum absolute atomic E-state index is 0.0876. The summed E-state index contributed by atoms with van der Waals surface area (Å²) in [5.41, 5.74) is -1.27. The first-order chi connectivity index (χ1) is 9.40. The number of nitro benzene ring substituents is 1. The summed E-state index contributed by atoms with van der Waals surface area (Å²) in [6, 6.07) is 5.12. The van der Waals surface area contributed by atoms with Crippen molar-refractivity contribution in [2.45, 2.75) is 9.32 Å². The number of rotatable bonds is 4. The van der Waals surface area contributed by atoms with E-state index in [0.29, 0.717) is 0 Å². The van der Waals surface area contributed by atoms with Crippen LogP contribution in [0.4, 0.5) is 10.2 Å². The summed E-state index contributed by atoms with van der Waals surface area (Å²) < 4.78 is 13.1. The van der Waals surface area contributed by atoms with Gasteiger partial charge in [-0.05, 0) is 22.7 Å². The Morgan fingerprint density at radius 3 is 2.75 bits per heavy atom. The van der Waals surface area contributed by atoms with Crippen LogP contribution in [0.1, 0.15) is 0 Å². The second-order valence-corrected chi connectivity index (χ2v) is 6.10. The van der Waals surface area contributed by atoms with Gasteiger partial charge in [-0.25, -0.2) is 9.36 Å². The molecule has 0 atom stereocenters. The fourth-order valence-electron chi connectivity index (χ4n) is 1.45. The molecule has 0 amide bonds. The van der Waals surface area contributed by atoms with Gasteiger partial charge in [0.15, 0.2) is 4.17 Å². The standard InChI is InChI=1S/C9H5Cl2FN4O3S/c10-7(11)20-8-13-15(12)9(17)14(8)5-2-1-3-6(4-5)16(18)19/h1-4,7H. The van der Waals surface area contributed by atoms with E-state index in [1.54, 1.807) is 0 Å². The lowest BCUT2D eigenvalue weighted by molar-refractivity contribution is -0.384. The largest absolute Gasteiger partial charge is 0.380 e. The van der Waals surface area contributed by atoms with E-state index in [1.807, 2.05) is 0 Å². The van der Waals surface area contributed by atoms with Crippen molar-refractivity contribution in [1.29, 1.82) is 0 Å². The van der Waals surface area contributed by atoms with Gasteiger partial charge in [0.05, 0.1) is 10.6 Å². The Morgan fingerprint density at radius 1 is 1.45 bits per heavy atom. The number of hydrogen-bond acceptors (Lipinski definition) is 5. The third-order valence-corrected chi connectivity index (χ3v) is 3.39. The lowest BCUT2D eigenvalue weighted by Gasteiger charge is -2.04. The van der Waals surface area contributed by atoms with Gasteiger partial charge >= 0.3 is 5.69 Å². The third kappa shape index (κ3) is 2.94. The van der Waals surface area contributed by atoms with Gasteiger partial charge in [0.25, 0.3) is 5.69 Å². The van der Waals surface area contributed by atoms with Gasteiger partial charge < -0.3 is 0 Å². The zero-order chi connectivity index (χ0) is 14.9. The van der Waals surface area contributed by atoms with Crippen molar-refractivity contribution in [3.63, 3.8) is 0 Å². The summed E-state index contributed by atoms with van der Waals surface area (Å²) in [5.74, 6) is 0. The number of thioether (sulfide) groups is 1. The van der Waals surface area contributed by atoms with Crippen molar-refractivity contribution < 1.29 is 9.40 Å². The van der Waals surface area contributed by atoms with Crippen LogP contribution in [0.15, 0.2) is 34.2 Å². The van der Waals surface area contributed by atoms with Gasteiger partial charge in [0.1, 0.15) is 0 Å². The first-order valence-corrected chi connectivity index (χ1v) is 6.73. The summed E-state index contributed by atoms with van der Waals surface area (Å²) in [7, 11) is 0. The molecule has 0 aliphatic heterocycles. The average Bonchev–Trinajstić information content (AvgIpc) is 2.64. The summed E-state index contributed by atoms with van der Waals surface area (Å²) in [6.07, 6.45) is 0. The van der Waals surface area contributed by atoms with E-state index in [1.165, 1.54) is 18.2 Å². The van der Waals surface area contributed by atoms with Gasteiger partial charge in [-0.2, -0.15) is 0 Å². The normalized spacial score (nSPS) is 11.0. The van der Waals surface area contributed by atoms with Gasteiger partial charge in [-0.3, -0.25) is 10.1 Å². The minimum atomic E-state index is -1.11. The van der Waals surface area contributed by atoms with Crippen LogP contribution in [0, 0.1) is 10.1 Å². The van der Waals surface area contributed by atoms with Crippen molar-refractivity contribution in [1.82, 2.24) is 14.6 Å². The summed E-state index contributed by atoms with van der Waals surface area (Å²) in [6.45, 7) is 0. The molecule has 0 saturated heterocycles. The molecule has 2 rings (SSSR count). The molecule has 0 N–H and O–H groups in total. The third-order valence-electron chi connectivity index (χ3n) is 2.21. The van der Waals surface area contributed by atoms with Crippen LogP contribution in [0.5, 0.6) is 0 Å². The minimum Gasteiger partial charge on any atom is -0.258 e. The van der Waals surface area contributed by atoms with Crippen LogP contribution in [-0.2, 0) is 0 Å². The molecule has 0 radical (unpaired) electrons. The Balaban J connectivity index is 2.59. The summed E-state index contributed by atoms with van der Waals surface area (Å²) in [4.78, 5) is 21.4. The van der Waals surface area contributed by atoms with Gasteiger partial charge in [0.2, 0.25) is 5.16 Å². The topological polar surface area (TPSA) is 83.0 Å². The van der Waals surface area contributed by atoms with Crippen molar-refractivity contribution in [2.75, 3.05) is 0 Å². The van der Waals surface area contributed by atoms with Gasteiger partial charge in [-0.1, -0.05) is 33.7 Å². The molecule has 0 bridgehead atoms.